The van der Waals surface area contributed by atoms with Gasteiger partial charge in [-0.3, -0.25) is 0 Å². The maximum absolute atomic E-state index is 12.0. The minimum Gasteiger partial charge on any atom is -0.338 e. The van der Waals surface area contributed by atoms with Crippen molar-refractivity contribution in [2.75, 3.05) is 19.6 Å². The molecular formula is C21H26N2O. The number of urea groups is 1. The molecule has 1 N–H and O–H groups in total. The monoisotopic (exact) mass is 322 g/mol. The van der Waals surface area contributed by atoms with Crippen molar-refractivity contribution in [3.8, 4) is 11.1 Å². The van der Waals surface area contributed by atoms with Crippen molar-refractivity contribution in [3.05, 3.63) is 60.2 Å². The number of hydrogen-bond donors (Lipinski definition) is 1. The first kappa shape index (κ1) is 16.6. The van der Waals surface area contributed by atoms with Crippen LogP contribution in [0.25, 0.3) is 11.1 Å². The van der Waals surface area contributed by atoms with Gasteiger partial charge in [0.25, 0.3) is 0 Å². The van der Waals surface area contributed by atoms with Crippen LogP contribution in [0.15, 0.2) is 54.6 Å². The van der Waals surface area contributed by atoms with Crippen molar-refractivity contribution < 1.29 is 4.79 Å². The third-order valence-corrected chi connectivity index (χ3v) is 4.80. The van der Waals surface area contributed by atoms with Gasteiger partial charge < -0.3 is 10.2 Å². The van der Waals surface area contributed by atoms with E-state index in [9.17, 15) is 4.79 Å². The van der Waals surface area contributed by atoms with E-state index >= 15 is 0 Å². The number of rotatable bonds is 4. The highest BCUT2D eigenvalue weighted by molar-refractivity contribution is 5.74. The fourth-order valence-electron chi connectivity index (χ4n) is 3.34. The molecule has 1 aliphatic heterocycles. The number of amides is 2. The van der Waals surface area contributed by atoms with Crippen molar-refractivity contribution in [1.29, 1.82) is 0 Å². The van der Waals surface area contributed by atoms with Gasteiger partial charge in [-0.1, -0.05) is 61.5 Å². The number of nitrogens with one attached hydrogen (secondary N) is 1. The molecule has 0 aliphatic carbocycles. The second-order valence-corrected chi connectivity index (χ2v) is 6.48. The van der Waals surface area contributed by atoms with Gasteiger partial charge in [-0.15, -0.1) is 0 Å². The summed E-state index contributed by atoms with van der Waals surface area (Å²) in [5.74, 6) is 0.560. The number of carbonyl (C=O) groups is 1. The molecule has 24 heavy (non-hydrogen) atoms. The van der Waals surface area contributed by atoms with E-state index in [4.69, 9.17) is 0 Å². The summed E-state index contributed by atoms with van der Waals surface area (Å²) in [6.45, 7) is 4.53. The molecule has 2 aromatic carbocycles. The third-order valence-electron chi connectivity index (χ3n) is 4.80. The second kappa shape index (κ2) is 8.00. The van der Waals surface area contributed by atoms with E-state index in [1.807, 2.05) is 11.0 Å². The van der Waals surface area contributed by atoms with Crippen LogP contribution in [0.2, 0.25) is 0 Å². The zero-order valence-corrected chi connectivity index (χ0v) is 14.4. The van der Waals surface area contributed by atoms with E-state index in [2.05, 4.69) is 60.8 Å². The Bertz CT molecular complexity index is 643. The van der Waals surface area contributed by atoms with Gasteiger partial charge in [-0.2, -0.15) is 0 Å². The van der Waals surface area contributed by atoms with Gasteiger partial charge in [0.2, 0.25) is 0 Å². The minimum absolute atomic E-state index is 0.0923. The maximum atomic E-state index is 12.0. The van der Waals surface area contributed by atoms with Crippen LogP contribution in [0, 0.1) is 0 Å². The van der Waals surface area contributed by atoms with Crippen LogP contribution in [0.5, 0.6) is 0 Å². The minimum atomic E-state index is 0.0923. The van der Waals surface area contributed by atoms with Crippen LogP contribution in [-0.4, -0.2) is 30.6 Å². The lowest BCUT2D eigenvalue weighted by Crippen LogP contribution is -2.44. The molecule has 3 heteroatoms. The average Bonchev–Trinajstić information content (AvgIpc) is 2.67. The highest BCUT2D eigenvalue weighted by Gasteiger charge is 2.23. The molecule has 0 radical (unpaired) electrons. The van der Waals surface area contributed by atoms with Crippen LogP contribution in [0.3, 0.4) is 0 Å². The molecule has 0 aromatic heterocycles. The summed E-state index contributed by atoms with van der Waals surface area (Å²) in [6.07, 6.45) is 3.07. The molecule has 1 fully saturated rings. The van der Waals surface area contributed by atoms with Gasteiger partial charge in [-0.05, 0) is 41.9 Å². The predicted octanol–water partition coefficient (Wildman–Crippen LogP) is 4.65. The Morgan fingerprint density at radius 2 is 1.62 bits per heavy atom. The van der Waals surface area contributed by atoms with Crippen molar-refractivity contribution in [1.82, 2.24) is 10.2 Å². The highest BCUT2D eigenvalue weighted by Crippen LogP contribution is 2.29. The summed E-state index contributed by atoms with van der Waals surface area (Å²) in [5.41, 5.74) is 3.91. The van der Waals surface area contributed by atoms with Gasteiger partial charge in [0.1, 0.15) is 0 Å². The van der Waals surface area contributed by atoms with Crippen LogP contribution >= 0.6 is 0 Å². The van der Waals surface area contributed by atoms with Crippen molar-refractivity contribution in [2.24, 2.45) is 0 Å². The van der Waals surface area contributed by atoms with Gasteiger partial charge in [0.05, 0.1) is 0 Å². The summed E-state index contributed by atoms with van der Waals surface area (Å²) in [5, 5.41) is 2.97. The number of piperidine rings is 1. The second-order valence-electron chi connectivity index (χ2n) is 6.48. The summed E-state index contributed by atoms with van der Waals surface area (Å²) in [7, 11) is 0. The molecule has 3 rings (SSSR count). The smallest absolute Gasteiger partial charge is 0.317 e. The molecule has 0 atom stereocenters. The third kappa shape index (κ3) is 3.97. The molecule has 1 saturated heterocycles. The fraction of sp³-hybridized carbons (Fsp3) is 0.381. The molecular weight excluding hydrogens is 296 g/mol. The van der Waals surface area contributed by atoms with E-state index in [0.717, 1.165) is 38.9 Å². The normalized spacial score (nSPS) is 15.3. The number of carbonyl (C=O) groups excluding carboxylic acids is 1. The Balaban J connectivity index is 1.58. The Morgan fingerprint density at radius 3 is 2.25 bits per heavy atom. The lowest BCUT2D eigenvalue weighted by molar-refractivity contribution is 0.181. The molecule has 3 nitrogen and oxygen atoms in total. The molecule has 1 aliphatic rings. The molecule has 0 bridgehead atoms. The summed E-state index contributed by atoms with van der Waals surface area (Å²) < 4.78 is 0. The molecule has 1 heterocycles. The predicted molar refractivity (Wildman–Crippen MR) is 99.1 cm³/mol. The molecule has 0 spiro atoms. The number of likely N-dealkylation sites (tertiary alicyclic amines) is 1. The van der Waals surface area contributed by atoms with E-state index < -0.39 is 0 Å². The SMILES string of the molecule is CCCNC(=O)N1CCC(c2ccc(-c3ccccc3)cc2)CC1. The number of hydrogen-bond acceptors (Lipinski definition) is 1. The molecule has 126 valence electrons. The summed E-state index contributed by atoms with van der Waals surface area (Å²) in [6, 6.07) is 19.5. The fourth-order valence-corrected chi connectivity index (χ4v) is 3.34. The zero-order chi connectivity index (χ0) is 16.8. The Morgan fingerprint density at radius 1 is 1.00 bits per heavy atom. The number of benzene rings is 2. The van der Waals surface area contributed by atoms with E-state index in [0.29, 0.717) is 5.92 Å². The summed E-state index contributed by atoms with van der Waals surface area (Å²) in [4.78, 5) is 14.0. The largest absolute Gasteiger partial charge is 0.338 e. The van der Waals surface area contributed by atoms with E-state index in [-0.39, 0.29) is 6.03 Å². The Labute approximate surface area is 144 Å². The first-order valence-electron chi connectivity index (χ1n) is 8.96. The molecule has 2 amide bonds. The average molecular weight is 322 g/mol. The quantitative estimate of drug-likeness (QED) is 0.873. The number of nitrogens with zero attached hydrogens (tertiary/aromatic N) is 1. The molecule has 0 unspecified atom stereocenters. The van der Waals surface area contributed by atoms with Crippen LogP contribution in [0.4, 0.5) is 4.79 Å². The Kier molecular flexibility index (Phi) is 5.52. The zero-order valence-electron chi connectivity index (χ0n) is 14.4. The maximum Gasteiger partial charge on any atom is 0.317 e. The lowest BCUT2D eigenvalue weighted by atomic mass is 9.88. The van der Waals surface area contributed by atoms with E-state index in [1.54, 1.807) is 0 Å². The highest BCUT2D eigenvalue weighted by atomic mass is 16.2. The van der Waals surface area contributed by atoms with E-state index in [1.165, 1.54) is 16.7 Å². The van der Waals surface area contributed by atoms with Crippen molar-refractivity contribution in [2.45, 2.75) is 32.1 Å². The van der Waals surface area contributed by atoms with Gasteiger partial charge >= 0.3 is 6.03 Å². The Hall–Kier alpha value is -2.29. The van der Waals surface area contributed by atoms with Crippen molar-refractivity contribution >= 4 is 6.03 Å². The van der Waals surface area contributed by atoms with Gasteiger partial charge in [0.15, 0.2) is 0 Å². The first-order chi connectivity index (χ1) is 11.8. The standard InChI is InChI=1S/C21H26N2O/c1-2-14-22-21(24)23-15-12-20(13-16-23)19-10-8-18(9-11-19)17-6-4-3-5-7-17/h3-11,20H,2,12-16H2,1H3,(H,22,24). The topological polar surface area (TPSA) is 32.3 Å². The first-order valence-corrected chi connectivity index (χ1v) is 8.96. The van der Waals surface area contributed by atoms with Gasteiger partial charge in [-0.25, -0.2) is 4.79 Å². The van der Waals surface area contributed by atoms with Crippen LogP contribution in [0.1, 0.15) is 37.7 Å². The summed E-state index contributed by atoms with van der Waals surface area (Å²) >= 11 is 0. The van der Waals surface area contributed by atoms with Gasteiger partial charge in [0, 0.05) is 19.6 Å². The van der Waals surface area contributed by atoms with Crippen LogP contribution < -0.4 is 5.32 Å². The molecule has 0 saturated carbocycles. The van der Waals surface area contributed by atoms with Crippen LogP contribution in [-0.2, 0) is 0 Å². The lowest BCUT2D eigenvalue weighted by Gasteiger charge is -2.32. The van der Waals surface area contributed by atoms with Crippen molar-refractivity contribution in [3.63, 3.8) is 0 Å². The molecule has 2 aromatic rings.